The van der Waals surface area contributed by atoms with Crippen molar-refractivity contribution in [3.05, 3.63) is 35.4 Å². The maximum absolute atomic E-state index is 12.7. The Bertz CT molecular complexity index is 500. The first-order valence-corrected chi connectivity index (χ1v) is 10.2. The Hall–Kier alpha value is -0.650. The van der Waals surface area contributed by atoms with E-state index in [0.29, 0.717) is 10.6 Å². The lowest BCUT2D eigenvalue weighted by atomic mass is 10.1. The van der Waals surface area contributed by atoms with Crippen molar-refractivity contribution in [2.45, 2.75) is 29.9 Å². The molecule has 2 saturated heterocycles. The normalized spacial score (nSPS) is 23.0. The second-order valence-corrected chi connectivity index (χ2v) is 8.63. The summed E-state index contributed by atoms with van der Waals surface area (Å²) in [4.78, 5) is 14.7. The SMILES string of the molecule is CNCC1CCCN1C(=O)c1ccc(C2SCCCS2)cc1. The monoisotopic (exact) mass is 336 g/mol. The number of nitrogens with one attached hydrogen (secondary N) is 1. The second kappa shape index (κ2) is 7.75. The topological polar surface area (TPSA) is 32.3 Å². The minimum absolute atomic E-state index is 0.188. The zero-order valence-electron chi connectivity index (χ0n) is 13.1. The molecule has 0 spiro atoms. The zero-order valence-corrected chi connectivity index (χ0v) is 14.7. The first-order chi connectivity index (χ1) is 10.8. The molecule has 0 aliphatic carbocycles. The Morgan fingerprint density at radius 2 is 1.95 bits per heavy atom. The molecule has 0 bridgehead atoms. The summed E-state index contributed by atoms with van der Waals surface area (Å²) in [5.74, 6) is 2.68. The van der Waals surface area contributed by atoms with Gasteiger partial charge in [0, 0.05) is 24.7 Å². The van der Waals surface area contributed by atoms with Crippen molar-refractivity contribution in [2.24, 2.45) is 0 Å². The fraction of sp³-hybridized carbons (Fsp3) is 0.588. The Morgan fingerprint density at radius 1 is 1.23 bits per heavy atom. The smallest absolute Gasteiger partial charge is 0.254 e. The van der Waals surface area contributed by atoms with Crippen molar-refractivity contribution in [1.29, 1.82) is 0 Å². The number of thioether (sulfide) groups is 2. The molecular formula is C17H24N2OS2. The van der Waals surface area contributed by atoms with E-state index in [0.717, 1.165) is 31.5 Å². The fourth-order valence-electron chi connectivity index (χ4n) is 3.18. The zero-order chi connectivity index (χ0) is 15.4. The number of benzene rings is 1. The standard InChI is InChI=1S/C17H24N2OS2/c1-18-12-15-4-2-9-19(15)16(20)13-5-7-14(8-6-13)17-21-10-3-11-22-17/h5-8,15,17-18H,2-4,9-12H2,1H3. The van der Waals surface area contributed by atoms with Crippen molar-refractivity contribution >= 4 is 29.4 Å². The lowest BCUT2D eigenvalue weighted by Crippen LogP contribution is -2.40. The summed E-state index contributed by atoms with van der Waals surface area (Å²) >= 11 is 4.04. The maximum atomic E-state index is 12.7. The maximum Gasteiger partial charge on any atom is 0.254 e. The highest BCUT2D eigenvalue weighted by Crippen LogP contribution is 2.43. The molecule has 1 N–H and O–H groups in total. The van der Waals surface area contributed by atoms with E-state index in [1.54, 1.807) is 0 Å². The number of carbonyl (C=O) groups excluding carboxylic acids is 1. The number of carbonyl (C=O) groups is 1. The predicted octanol–water partition coefficient (Wildman–Crippen LogP) is 3.38. The number of hydrogen-bond donors (Lipinski definition) is 1. The molecule has 5 heteroatoms. The van der Waals surface area contributed by atoms with Gasteiger partial charge < -0.3 is 10.2 Å². The molecule has 2 aliphatic heterocycles. The number of amides is 1. The van der Waals surface area contributed by atoms with E-state index >= 15 is 0 Å². The van der Waals surface area contributed by atoms with Gasteiger partial charge in [-0.1, -0.05) is 12.1 Å². The number of hydrogen-bond acceptors (Lipinski definition) is 4. The number of rotatable bonds is 4. The largest absolute Gasteiger partial charge is 0.334 e. The molecule has 1 aromatic carbocycles. The van der Waals surface area contributed by atoms with Crippen LogP contribution in [0.1, 0.15) is 39.8 Å². The molecule has 0 aromatic heterocycles. The average molecular weight is 337 g/mol. The van der Waals surface area contributed by atoms with Gasteiger partial charge in [0.2, 0.25) is 0 Å². The van der Waals surface area contributed by atoms with Gasteiger partial charge >= 0.3 is 0 Å². The van der Waals surface area contributed by atoms with Crippen molar-refractivity contribution in [3.8, 4) is 0 Å². The number of nitrogens with zero attached hydrogens (tertiary/aromatic N) is 1. The van der Waals surface area contributed by atoms with Crippen LogP contribution in [0.5, 0.6) is 0 Å². The lowest BCUT2D eigenvalue weighted by molar-refractivity contribution is 0.0737. The molecule has 3 rings (SSSR count). The fourth-order valence-corrected chi connectivity index (χ4v) is 6.07. The van der Waals surface area contributed by atoms with Crippen LogP contribution in [-0.4, -0.2) is 48.5 Å². The summed E-state index contributed by atoms with van der Waals surface area (Å²) in [7, 11) is 1.95. The molecule has 2 heterocycles. The van der Waals surface area contributed by atoms with Crippen LogP contribution < -0.4 is 5.32 Å². The van der Waals surface area contributed by atoms with Crippen LogP contribution in [0.15, 0.2) is 24.3 Å². The Kier molecular flexibility index (Phi) is 5.71. The quantitative estimate of drug-likeness (QED) is 0.913. The Balaban J connectivity index is 1.68. The van der Waals surface area contributed by atoms with E-state index in [1.807, 2.05) is 47.6 Å². The summed E-state index contributed by atoms with van der Waals surface area (Å²) in [5, 5.41) is 3.20. The molecule has 1 unspecified atom stereocenters. The van der Waals surface area contributed by atoms with Crippen molar-refractivity contribution < 1.29 is 4.79 Å². The van der Waals surface area contributed by atoms with Crippen LogP contribution in [0.3, 0.4) is 0 Å². The minimum Gasteiger partial charge on any atom is -0.334 e. The molecule has 22 heavy (non-hydrogen) atoms. The molecule has 1 atom stereocenters. The molecule has 1 amide bonds. The van der Waals surface area contributed by atoms with Gasteiger partial charge in [0.1, 0.15) is 0 Å². The van der Waals surface area contributed by atoms with Gasteiger partial charge in [-0.3, -0.25) is 4.79 Å². The van der Waals surface area contributed by atoms with E-state index in [4.69, 9.17) is 0 Å². The first kappa shape index (κ1) is 16.2. The number of likely N-dealkylation sites (tertiary alicyclic amines) is 1. The molecular weight excluding hydrogens is 312 g/mol. The van der Waals surface area contributed by atoms with Crippen LogP contribution in [0, 0.1) is 0 Å². The van der Waals surface area contributed by atoms with Crippen molar-refractivity contribution in [3.63, 3.8) is 0 Å². The highest BCUT2D eigenvalue weighted by molar-refractivity contribution is 8.16. The van der Waals surface area contributed by atoms with Gasteiger partial charge in [0.25, 0.3) is 5.91 Å². The third-order valence-corrected chi connectivity index (χ3v) is 7.35. The van der Waals surface area contributed by atoms with Crippen LogP contribution in [0.2, 0.25) is 0 Å². The van der Waals surface area contributed by atoms with E-state index in [2.05, 4.69) is 17.4 Å². The van der Waals surface area contributed by atoms with Gasteiger partial charge in [-0.15, -0.1) is 23.5 Å². The van der Waals surface area contributed by atoms with Crippen LogP contribution >= 0.6 is 23.5 Å². The molecule has 1 aromatic rings. The summed E-state index contributed by atoms with van der Waals surface area (Å²) in [5.41, 5.74) is 2.18. The summed E-state index contributed by atoms with van der Waals surface area (Å²) in [6.07, 6.45) is 3.54. The Morgan fingerprint density at radius 3 is 2.64 bits per heavy atom. The third-order valence-electron chi connectivity index (χ3n) is 4.33. The van der Waals surface area contributed by atoms with Crippen LogP contribution in [-0.2, 0) is 0 Å². The molecule has 3 nitrogen and oxygen atoms in total. The van der Waals surface area contributed by atoms with Gasteiger partial charge in [0.05, 0.1) is 4.58 Å². The van der Waals surface area contributed by atoms with E-state index in [1.165, 1.54) is 23.5 Å². The summed E-state index contributed by atoms with van der Waals surface area (Å²) in [6.45, 7) is 1.78. The predicted molar refractivity (Wildman–Crippen MR) is 96.7 cm³/mol. The summed E-state index contributed by atoms with van der Waals surface area (Å²) in [6, 6.07) is 8.67. The average Bonchev–Trinajstić information content (AvgIpc) is 3.04. The van der Waals surface area contributed by atoms with Gasteiger partial charge in [-0.05, 0) is 55.5 Å². The van der Waals surface area contributed by atoms with E-state index < -0.39 is 0 Å². The molecule has 2 fully saturated rings. The second-order valence-electron chi connectivity index (χ2n) is 5.90. The highest BCUT2D eigenvalue weighted by atomic mass is 32.2. The number of likely N-dealkylation sites (N-methyl/N-ethyl adjacent to an activating group) is 1. The van der Waals surface area contributed by atoms with Crippen LogP contribution in [0.25, 0.3) is 0 Å². The molecule has 120 valence electrons. The van der Waals surface area contributed by atoms with Gasteiger partial charge in [-0.2, -0.15) is 0 Å². The molecule has 0 saturated carbocycles. The van der Waals surface area contributed by atoms with Crippen molar-refractivity contribution in [1.82, 2.24) is 10.2 Å². The van der Waals surface area contributed by atoms with E-state index in [-0.39, 0.29) is 5.91 Å². The van der Waals surface area contributed by atoms with Gasteiger partial charge in [0.15, 0.2) is 0 Å². The van der Waals surface area contributed by atoms with Gasteiger partial charge in [-0.25, -0.2) is 0 Å². The summed E-state index contributed by atoms with van der Waals surface area (Å²) < 4.78 is 0.543. The van der Waals surface area contributed by atoms with Crippen LogP contribution in [0.4, 0.5) is 0 Å². The molecule has 2 aliphatic rings. The third kappa shape index (κ3) is 3.63. The highest BCUT2D eigenvalue weighted by Gasteiger charge is 2.28. The first-order valence-electron chi connectivity index (χ1n) is 8.08. The minimum atomic E-state index is 0.188. The lowest BCUT2D eigenvalue weighted by Gasteiger charge is -2.25. The van der Waals surface area contributed by atoms with Crippen molar-refractivity contribution in [2.75, 3.05) is 31.6 Å². The molecule has 0 radical (unpaired) electrons. The van der Waals surface area contributed by atoms with E-state index in [9.17, 15) is 4.79 Å². The Labute approximate surface area is 141 Å².